The number of carbonyl (C=O) groups is 4. The quantitative estimate of drug-likeness (QED) is 0.126. The number of β-lactam (4-membered cyclic amide) rings is 1. The molecule has 2 N–H and O–H groups in total. The molecule has 0 radical (unpaired) electrons. The zero-order chi connectivity index (χ0) is 19.4. The topological polar surface area (TPSA) is 157 Å². The summed E-state index contributed by atoms with van der Waals surface area (Å²) in [5, 5.41) is 19.5. The summed E-state index contributed by atoms with van der Waals surface area (Å²) in [6, 6.07) is 4.34. The molecule has 2 rings (SSSR count). The van der Waals surface area contributed by atoms with E-state index in [0.29, 0.717) is 5.56 Å². The first-order valence-electron chi connectivity index (χ1n) is 7.22. The average Bonchev–Trinajstić information content (AvgIpc) is 2.57. The molecule has 0 saturated carbocycles. The van der Waals surface area contributed by atoms with Gasteiger partial charge < -0.3 is 10.1 Å². The Balaban J connectivity index is 1.86. The van der Waals surface area contributed by atoms with Gasteiger partial charge in [0.2, 0.25) is 11.1 Å². The van der Waals surface area contributed by atoms with E-state index < -0.39 is 51.9 Å². The summed E-state index contributed by atoms with van der Waals surface area (Å²) in [7, 11) is 0. The fraction of sp³-hybridized carbons (Fsp3) is 0.267. The number of ketones is 1. The number of hydrogen-bond donors (Lipinski definition) is 2. The highest BCUT2D eigenvalue weighted by molar-refractivity contribution is 6.66. The Morgan fingerprint density at radius 3 is 2.38 bits per heavy atom. The Bertz CT molecular complexity index is 798. The average molecular weight is 382 g/mol. The van der Waals surface area contributed by atoms with E-state index in [1.165, 1.54) is 24.3 Å². The van der Waals surface area contributed by atoms with Crippen LogP contribution in [0.2, 0.25) is 0 Å². The maximum atomic E-state index is 11.9. The van der Waals surface area contributed by atoms with Crippen molar-refractivity contribution in [3.05, 3.63) is 39.9 Å². The first kappa shape index (κ1) is 19.2. The summed E-state index contributed by atoms with van der Waals surface area (Å²) >= 11 is 5.24. The minimum absolute atomic E-state index is 0.131. The lowest BCUT2D eigenvalue weighted by atomic mass is 9.87. The highest BCUT2D eigenvalue weighted by Gasteiger charge is 2.45. The maximum Gasteiger partial charge on any atom is 0.360 e. The standard InChI is InChI=1S/C15H12ClN3O7/c16-13(21)11-9(18-14(11)22)5-10(20)12(17)15(23)26-6-7-1-3-8(4-2-7)19(24)25/h1-4,9,11,17H,5-6H2,(H,18,22). The highest BCUT2D eigenvalue weighted by atomic mass is 35.5. The van der Waals surface area contributed by atoms with Gasteiger partial charge in [0.25, 0.3) is 5.69 Å². The van der Waals surface area contributed by atoms with Gasteiger partial charge in [-0.15, -0.1) is 0 Å². The van der Waals surface area contributed by atoms with Crippen molar-refractivity contribution in [2.24, 2.45) is 5.92 Å². The van der Waals surface area contributed by atoms with Gasteiger partial charge in [-0.3, -0.25) is 29.9 Å². The molecule has 10 nitrogen and oxygen atoms in total. The SMILES string of the molecule is N=C(C(=O)CC1NC(=O)C1C(=O)Cl)C(=O)OCc1ccc([N+](=O)[O-])cc1. The number of rotatable bonds is 8. The number of ether oxygens (including phenoxy) is 1. The molecule has 136 valence electrons. The van der Waals surface area contributed by atoms with Gasteiger partial charge in [-0.25, -0.2) is 4.79 Å². The van der Waals surface area contributed by atoms with Crippen LogP contribution in [0.25, 0.3) is 0 Å². The van der Waals surface area contributed by atoms with Crippen LogP contribution in [0.15, 0.2) is 24.3 Å². The van der Waals surface area contributed by atoms with Crippen LogP contribution in [0.5, 0.6) is 0 Å². The van der Waals surface area contributed by atoms with Crippen LogP contribution >= 0.6 is 11.6 Å². The van der Waals surface area contributed by atoms with E-state index >= 15 is 0 Å². The van der Waals surface area contributed by atoms with Crippen molar-refractivity contribution in [2.75, 3.05) is 0 Å². The second kappa shape index (κ2) is 7.83. The van der Waals surface area contributed by atoms with Gasteiger partial charge in [-0.2, -0.15) is 0 Å². The van der Waals surface area contributed by atoms with Crippen LogP contribution in [0.4, 0.5) is 5.69 Å². The molecule has 0 aliphatic carbocycles. The lowest BCUT2D eigenvalue weighted by Crippen LogP contribution is -2.61. The molecule has 0 spiro atoms. The van der Waals surface area contributed by atoms with Crippen molar-refractivity contribution in [3.8, 4) is 0 Å². The Hall–Kier alpha value is -3.14. The van der Waals surface area contributed by atoms with Gasteiger partial charge >= 0.3 is 5.97 Å². The zero-order valence-electron chi connectivity index (χ0n) is 13.1. The molecule has 1 fully saturated rings. The highest BCUT2D eigenvalue weighted by Crippen LogP contribution is 2.21. The fourth-order valence-corrected chi connectivity index (χ4v) is 2.47. The lowest BCUT2D eigenvalue weighted by molar-refractivity contribution is -0.384. The van der Waals surface area contributed by atoms with E-state index in [-0.39, 0.29) is 12.3 Å². The number of esters is 1. The Labute approximate surface area is 151 Å². The summed E-state index contributed by atoms with van der Waals surface area (Å²) in [6.07, 6.45) is -0.430. The molecule has 0 aromatic heterocycles. The predicted molar refractivity (Wildman–Crippen MR) is 86.5 cm³/mol. The van der Waals surface area contributed by atoms with Gasteiger partial charge in [0.05, 0.1) is 11.0 Å². The Kier molecular flexibility index (Phi) is 5.78. The van der Waals surface area contributed by atoms with Crippen LogP contribution in [0.3, 0.4) is 0 Å². The molecule has 11 heteroatoms. The summed E-state index contributed by atoms with van der Waals surface area (Å²) in [5.74, 6) is -3.89. The van der Waals surface area contributed by atoms with Crippen LogP contribution in [-0.4, -0.2) is 39.6 Å². The molecule has 1 heterocycles. The first-order valence-corrected chi connectivity index (χ1v) is 7.60. The number of benzene rings is 1. The number of Topliss-reactive ketones (excluding diaryl/α,β-unsaturated/α-hetero) is 1. The molecule has 1 aliphatic rings. The molecule has 0 bridgehead atoms. The Morgan fingerprint density at radius 2 is 1.88 bits per heavy atom. The fourth-order valence-electron chi connectivity index (χ4n) is 2.22. The van der Waals surface area contributed by atoms with Gasteiger partial charge in [-0.1, -0.05) is 0 Å². The number of nitro groups is 1. The van der Waals surface area contributed by atoms with E-state index in [4.69, 9.17) is 21.7 Å². The van der Waals surface area contributed by atoms with E-state index in [1.807, 2.05) is 0 Å². The molecule has 1 aromatic carbocycles. The zero-order valence-corrected chi connectivity index (χ0v) is 13.8. The van der Waals surface area contributed by atoms with Gasteiger partial charge in [0.1, 0.15) is 12.5 Å². The molecule has 1 saturated heterocycles. The van der Waals surface area contributed by atoms with Crippen molar-refractivity contribution in [3.63, 3.8) is 0 Å². The third-order valence-electron chi connectivity index (χ3n) is 3.66. The lowest BCUT2D eigenvalue weighted by Gasteiger charge is -2.33. The number of non-ortho nitro benzene ring substituents is 1. The van der Waals surface area contributed by atoms with Gasteiger partial charge in [-0.05, 0) is 29.3 Å². The molecule has 1 aromatic rings. The number of hydrogen-bond acceptors (Lipinski definition) is 8. The van der Waals surface area contributed by atoms with Crippen molar-refractivity contribution < 1.29 is 28.8 Å². The van der Waals surface area contributed by atoms with Crippen molar-refractivity contribution in [1.29, 1.82) is 5.41 Å². The third-order valence-corrected chi connectivity index (χ3v) is 3.90. The van der Waals surface area contributed by atoms with E-state index in [2.05, 4.69) is 5.32 Å². The van der Waals surface area contributed by atoms with Crippen molar-refractivity contribution in [1.82, 2.24) is 5.32 Å². The largest absolute Gasteiger partial charge is 0.456 e. The monoisotopic (exact) mass is 381 g/mol. The second-order valence-electron chi connectivity index (χ2n) is 5.40. The van der Waals surface area contributed by atoms with Gasteiger partial charge in [0, 0.05) is 18.6 Å². The summed E-state index contributed by atoms with van der Waals surface area (Å²) in [6.45, 7) is -0.282. The molecule has 2 unspecified atom stereocenters. The van der Waals surface area contributed by atoms with Crippen LogP contribution in [0.1, 0.15) is 12.0 Å². The molecular formula is C15H12ClN3O7. The summed E-state index contributed by atoms with van der Waals surface area (Å²) in [4.78, 5) is 55.8. The van der Waals surface area contributed by atoms with E-state index in [1.54, 1.807) is 0 Å². The molecule has 26 heavy (non-hydrogen) atoms. The van der Waals surface area contributed by atoms with Crippen LogP contribution < -0.4 is 5.32 Å². The predicted octanol–water partition coefficient (Wildman–Crippen LogP) is 0.497. The molecular weight excluding hydrogens is 370 g/mol. The van der Waals surface area contributed by atoms with Gasteiger partial charge in [0.15, 0.2) is 11.5 Å². The normalized spacial score (nSPS) is 18.3. The number of nitrogens with one attached hydrogen (secondary N) is 2. The molecule has 1 amide bonds. The minimum atomic E-state index is -1.19. The van der Waals surface area contributed by atoms with Crippen molar-refractivity contribution in [2.45, 2.75) is 19.1 Å². The number of nitrogens with zero attached hydrogens (tertiary/aromatic N) is 1. The summed E-state index contributed by atoms with van der Waals surface area (Å²) in [5.41, 5.74) is -0.633. The van der Waals surface area contributed by atoms with E-state index in [9.17, 15) is 29.3 Å². The summed E-state index contributed by atoms with van der Waals surface area (Å²) < 4.78 is 4.81. The van der Waals surface area contributed by atoms with E-state index in [0.717, 1.165) is 0 Å². The number of amides is 1. The third kappa shape index (κ3) is 4.28. The number of carbonyl (C=O) groups excluding carboxylic acids is 4. The van der Waals surface area contributed by atoms with Crippen LogP contribution in [-0.2, 0) is 30.5 Å². The second-order valence-corrected chi connectivity index (χ2v) is 5.77. The Morgan fingerprint density at radius 1 is 1.27 bits per heavy atom. The smallest absolute Gasteiger partial charge is 0.360 e. The molecule has 2 atom stereocenters. The number of halogens is 1. The first-order chi connectivity index (χ1) is 12.2. The van der Waals surface area contributed by atoms with Crippen molar-refractivity contribution >= 4 is 45.9 Å². The molecule has 1 aliphatic heterocycles. The van der Waals surface area contributed by atoms with Crippen LogP contribution in [0, 0.1) is 21.4 Å². The minimum Gasteiger partial charge on any atom is -0.456 e. The maximum absolute atomic E-state index is 11.9. The number of nitro benzene ring substituents is 1.